The van der Waals surface area contributed by atoms with Crippen LogP contribution in [0.25, 0.3) is 16.8 Å². The maximum absolute atomic E-state index is 13.1. The van der Waals surface area contributed by atoms with Crippen LogP contribution in [0.15, 0.2) is 72.2 Å². The molecule has 5 nitrogen and oxygen atoms in total. The molecule has 0 atom stereocenters. The summed E-state index contributed by atoms with van der Waals surface area (Å²) < 4.78 is 10.9. The third kappa shape index (κ3) is 4.14. The Morgan fingerprint density at radius 2 is 1.78 bits per heavy atom. The highest BCUT2D eigenvalue weighted by molar-refractivity contribution is 8.18. The average molecular weight is 446 g/mol. The summed E-state index contributed by atoms with van der Waals surface area (Å²) in [6, 6.07) is 17.6. The zero-order chi connectivity index (χ0) is 22.7. The molecular weight excluding hydrogens is 422 g/mol. The number of ether oxygens (including phenoxy) is 2. The quantitative estimate of drug-likeness (QED) is 0.339. The minimum atomic E-state index is -0.298. The topological polar surface area (TPSA) is 55.8 Å². The lowest BCUT2D eigenvalue weighted by atomic mass is 10.0. The van der Waals surface area contributed by atoms with Gasteiger partial charge in [-0.3, -0.25) is 14.5 Å². The van der Waals surface area contributed by atoms with E-state index >= 15 is 0 Å². The molecule has 6 heteroatoms. The predicted molar refractivity (Wildman–Crippen MR) is 129 cm³/mol. The van der Waals surface area contributed by atoms with Crippen molar-refractivity contribution in [3.63, 3.8) is 0 Å². The van der Waals surface area contributed by atoms with Crippen molar-refractivity contribution >= 4 is 39.8 Å². The van der Waals surface area contributed by atoms with Gasteiger partial charge >= 0.3 is 0 Å². The van der Waals surface area contributed by atoms with Gasteiger partial charge in [-0.15, -0.1) is 6.58 Å². The number of carbonyl (C=O) groups is 2. The Morgan fingerprint density at radius 1 is 1.00 bits per heavy atom. The minimum absolute atomic E-state index is 0.233. The number of allylic oxidation sites excluding steroid dienone is 1. The van der Waals surface area contributed by atoms with Crippen LogP contribution >= 0.6 is 11.8 Å². The van der Waals surface area contributed by atoms with E-state index in [4.69, 9.17) is 9.47 Å². The molecule has 2 amide bonds. The van der Waals surface area contributed by atoms with Crippen LogP contribution in [0.1, 0.15) is 16.7 Å². The van der Waals surface area contributed by atoms with Crippen molar-refractivity contribution in [2.75, 3.05) is 14.2 Å². The Kier molecular flexibility index (Phi) is 6.32. The molecule has 0 saturated carbocycles. The van der Waals surface area contributed by atoms with E-state index in [0.717, 1.165) is 39.2 Å². The zero-order valence-corrected chi connectivity index (χ0v) is 18.8. The summed E-state index contributed by atoms with van der Waals surface area (Å²) in [5.74, 6) is 0.898. The molecule has 0 N–H and O–H groups in total. The first-order valence-corrected chi connectivity index (χ1v) is 10.9. The summed E-state index contributed by atoms with van der Waals surface area (Å²) in [5.41, 5.74) is 2.59. The second-order valence-corrected chi connectivity index (χ2v) is 8.31. The Labute approximate surface area is 191 Å². The first-order chi connectivity index (χ1) is 15.5. The van der Waals surface area contributed by atoms with Crippen LogP contribution in [-0.4, -0.2) is 30.3 Å². The van der Waals surface area contributed by atoms with Gasteiger partial charge in [0.1, 0.15) is 0 Å². The summed E-state index contributed by atoms with van der Waals surface area (Å²) in [7, 11) is 3.15. The van der Waals surface area contributed by atoms with Crippen LogP contribution < -0.4 is 9.47 Å². The number of benzene rings is 3. The van der Waals surface area contributed by atoms with E-state index < -0.39 is 0 Å². The molecule has 162 valence electrons. The van der Waals surface area contributed by atoms with Gasteiger partial charge in [-0.05, 0) is 58.3 Å². The molecule has 0 aliphatic carbocycles. The zero-order valence-electron chi connectivity index (χ0n) is 18.0. The van der Waals surface area contributed by atoms with E-state index in [9.17, 15) is 9.59 Å². The lowest BCUT2D eigenvalue weighted by Gasteiger charge is -2.14. The van der Waals surface area contributed by atoms with Crippen molar-refractivity contribution in [1.82, 2.24) is 4.90 Å². The lowest BCUT2D eigenvalue weighted by Crippen LogP contribution is -2.27. The molecule has 4 rings (SSSR count). The van der Waals surface area contributed by atoms with Crippen LogP contribution in [0.4, 0.5) is 4.79 Å². The molecule has 3 aromatic rings. The third-order valence-corrected chi connectivity index (χ3v) is 6.23. The van der Waals surface area contributed by atoms with E-state index in [2.05, 4.69) is 6.58 Å². The van der Waals surface area contributed by atoms with Crippen molar-refractivity contribution in [1.29, 1.82) is 0 Å². The largest absolute Gasteiger partial charge is 0.493 e. The van der Waals surface area contributed by atoms with Gasteiger partial charge in [0.15, 0.2) is 11.5 Å². The number of thioether (sulfide) groups is 1. The molecule has 0 unspecified atom stereocenters. The fourth-order valence-corrected chi connectivity index (χ4v) is 4.68. The van der Waals surface area contributed by atoms with Crippen LogP contribution in [0, 0.1) is 0 Å². The van der Waals surface area contributed by atoms with Crippen LogP contribution in [0.2, 0.25) is 0 Å². The molecule has 0 bridgehead atoms. The van der Waals surface area contributed by atoms with Gasteiger partial charge in [-0.1, -0.05) is 48.5 Å². The molecule has 1 fully saturated rings. The first-order valence-electron chi connectivity index (χ1n) is 10.1. The van der Waals surface area contributed by atoms with E-state index in [0.29, 0.717) is 22.8 Å². The predicted octanol–water partition coefficient (Wildman–Crippen LogP) is 5.82. The smallest absolute Gasteiger partial charge is 0.293 e. The molecule has 3 aromatic carbocycles. The number of fused-ring (bicyclic) bond motifs is 1. The second-order valence-electron chi connectivity index (χ2n) is 7.31. The number of hydrogen-bond donors (Lipinski definition) is 0. The molecule has 0 radical (unpaired) electrons. The molecule has 1 heterocycles. The monoisotopic (exact) mass is 445 g/mol. The highest BCUT2D eigenvalue weighted by atomic mass is 32.2. The number of carbonyl (C=O) groups excluding carboxylic acids is 2. The van der Waals surface area contributed by atoms with Crippen molar-refractivity contribution in [2.45, 2.75) is 13.0 Å². The van der Waals surface area contributed by atoms with Crippen LogP contribution in [-0.2, 0) is 17.8 Å². The molecular formula is C26H23NO4S. The van der Waals surface area contributed by atoms with E-state index in [1.165, 1.54) is 4.90 Å². The van der Waals surface area contributed by atoms with Gasteiger partial charge in [0.2, 0.25) is 0 Å². The maximum atomic E-state index is 13.1. The molecule has 0 spiro atoms. The normalized spacial score (nSPS) is 14.9. The molecule has 0 aromatic heterocycles. The second kappa shape index (κ2) is 9.32. The maximum Gasteiger partial charge on any atom is 0.293 e. The number of imide groups is 1. The highest BCUT2D eigenvalue weighted by Crippen LogP contribution is 2.37. The van der Waals surface area contributed by atoms with Crippen LogP contribution in [0.5, 0.6) is 11.5 Å². The minimum Gasteiger partial charge on any atom is -0.493 e. The average Bonchev–Trinajstić information content (AvgIpc) is 3.06. The summed E-state index contributed by atoms with van der Waals surface area (Å²) in [6.07, 6.45) is 4.09. The fraction of sp³-hybridized carbons (Fsp3) is 0.154. The van der Waals surface area contributed by atoms with E-state index in [1.54, 1.807) is 32.4 Å². The first kappa shape index (κ1) is 21.7. The molecule has 32 heavy (non-hydrogen) atoms. The Bertz CT molecular complexity index is 1240. The van der Waals surface area contributed by atoms with E-state index in [1.807, 2.05) is 48.5 Å². The molecule has 1 aliphatic heterocycles. The summed E-state index contributed by atoms with van der Waals surface area (Å²) in [6.45, 7) is 4.02. The number of methoxy groups -OCH3 is 2. The lowest BCUT2D eigenvalue weighted by molar-refractivity contribution is -0.123. The summed E-state index contributed by atoms with van der Waals surface area (Å²) in [5, 5.41) is 1.83. The van der Waals surface area contributed by atoms with Gasteiger partial charge in [-0.25, -0.2) is 0 Å². The Hall–Kier alpha value is -3.51. The van der Waals surface area contributed by atoms with Gasteiger partial charge in [-0.2, -0.15) is 0 Å². The van der Waals surface area contributed by atoms with Gasteiger partial charge in [0.05, 0.1) is 25.7 Å². The summed E-state index contributed by atoms with van der Waals surface area (Å²) in [4.78, 5) is 27.5. The van der Waals surface area contributed by atoms with Crippen molar-refractivity contribution < 1.29 is 19.1 Å². The van der Waals surface area contributed by atoms with Crippen LogP contribution in [0.3, 0.4) is 0 Å². The van der Waals surface area contributed by atoms with Gasteiger partial charge in [0.25, 0.3) is 11.1 Å². The Balaban J connectivity index is 1.65. The standard InChI is InChI=1S/C26H23NO4S/c1-4-8-19-13-17(14-22(30-2)24(19)31-3)15-23-25(28)27(26(29)32-23)16-20-11-7-10-18-9-5-6-12-21(18)20/h4-7,9-15H,1,8,16H2,2-3H3/b23-15-. The van der Waals surface area contributed by atoms with Crippen molar-refractivity contribution in [3.8, 4) is 11.5 Å². The molecule has 1 saturated heterocycles. The number of nitrogens with zero attached hydrogens (tertiary/aromatic N) is 1. The number of rotatable bonds is 7. The van der Waals surface area contributed by atoms with Crippen molar-refractivity contribution in [3.05, 3.63) is 88.8 Å². The summed E-state index contributed by atoms with van der Waals surface area (Å²) >= 11 is 0.950. The number of hydrogen-bond acceptors (Lipinski definition) is 5. The van der Waals surface area contributed by atoms with Gasteiger partial charge in [0, 0.05) is 5.56 Å². The SMILES string of the molecule is C=CCc1cc(/C=C2\SC(=O)N(Cc3cccc4ccccc34)C2=O)cc(OC)c1OC. The highest BCUT2D eigenvalue weighted by Gasteiger charge is 2.35. The molecule has 1 aliphatic rings. The Morgan fingerprint density at radius 3 is 2.53 bits per heavy atom. The van der Waals surface area contributed by atoms with Crippen molar-refractivity contribution in [2.24, 2.45) is 0 Å². The fourth-order valence-electron chi connectivity index (χ4n) is 3.85. The third-order valence-electron chi connectivity index (χ3n) is 5.32. The van der Waals surface area contributed by atoms with Gasteiger partial charge < -0.3 is 9.47 Å². The van der Waals surface area contributed by atoms with E-state index in [-0.39, 0.29) is 17.7 Å². The number of amides is 2.